The summed E-state index contributed by atoms with van der Waals surface area (Å²) in [4.78, 5) is 0. The van der Waals surface area contributed by atoms with Crippen LogP contribution in [0.4, 0.5) is 0 Å². The van der Waals surface area contributed by atoms with Crippen LogP contribution in [0.2, 0.25) is 4.22 Å². The number of hydrogen-bond donors (Lipinski definition) is 1. The first-order valence-corrected chi connectivity index (χ1v) is 4.07. The Morgan fingerprint density at radius 2 is 2.33 bits per heavy atom. The minimum absolute atomic E-state index is 0.0625. The van der Waals surface area contributed by atoms with Gasteiger partial charge < -0.3 is 0 Å². The molecule has 1 unspecified atom stereocenters. The fourth-order valence-corrected chi connectivity index (χ4v) is 0.486. The predicted molar refractivity (Wildman–Crippen MR) is 23.9 cm³/mol. The molecule has 0 rings (SSSR count). The van der Waals surface area contributed by atoms with Gasteiger partial charge in [-0.05, 0) is 0 Å². The molecule has 0 aromatic rings. The van der Waals surface area contributed by atoms with Crippen molar-refractivity contribution in [2.24, 2.45) is 4.22 Å². The summed E-state index contributed by atoms with van der Waals surface area (Å²) >= 11 is -0.0625. The van der Waals surface area contributed by atoms with E-state index in [-0.39, 0.29) is 19.4 Å². The molecule has 2 heteroatoms. The summed E-state index contributed by atoms with van der Waals surface area (Å²) in [6, 6.07) is 0. The monoisotopic (exact) mass is 121 g/mol. The van der Waals surface area contributed by atoms with E-state index >= 15 is 0 Å². The average molecular weight is 121 g/mol. The van der Waals surface area contributed by atoms with Gasteiger partial charge in [0, 0.05) is 0 Å². The van der Waals surface area contributed by atoms with Gasteiger partial charge in [0.2, 0.25) is 0 Å². The van der Waals surface area contributed by atoms with Crippen molar-refractivity contribution in [2.75, 3.05) is 0 Å². The van der Waals surface area contributed by atoms with Crippen molar-refractivity contribution < 1.29 is 19.4 Å². The second-order valence-corrected chi connectivity index (χ2v) is 3.54. The number of nitrogens with two attached hydrogens (primary N) is 1. The van der Waals surface area contributed by atoms with E-state index < -0.39 is 0 Å². The van der Waals surface area contributed by atoms with E-state index in [1.807, 2.05) is 0 Å². The number of hydrogen-bond acceptors (Lipinski definition) is 1. The van der Waals surface area contributed by atoms with Gasteiger partial charge in [-0.3, -0.25) is 0 Å². The van der Waals surface area contributed by atoms with Crippen molar-refractivity contribution in [3.63, 3.8) is 0 Å². The summed E-state index contributed by atoms with van der Waals surface area (Å²) in [5.74, 6) is 0. The molecule has 0 fully saturated rings. The van der Waals surface area contributed by atoms with Crippen molar-refractivity contribution in [3.8, 4) is 0 Å². The van der Waals surface area contributed by atoms with Gasteiger partial charge in [-0.2, -0.15) is 0 Å². The van der Waals surface area contributed by atoms with Gasteiger partial charge in [-0.15, -0.1) is 0 Å². The zero-order chi connectivity index (χ0) is 4.99. The van der Waals surface area contributed by atoms with Crippen LogP contribution >= 0.6 is 0 Å². The minimum atomic E-state index is -0.0625. The van der Waals surface area contributed by atoms with Crippen molar-refractivity contribution in [3.05, 3.63) is 0 Å². The summed E-state index contributed by atoms with van der Waals surface area (Å²) in [5, 5.41) is 0. The van der Waals surface area contributed by atoms with Gasteiger partial charge >= 0.3 is 48.1 Å². The van der Waals surface area contributed by atoms with Crippen molar-refractivity contribution in [1.29, 1.82) is 0 Å². The van der Waals surface area contributed by atoms with Crippen LogP contribution < -0.4 is 4.22 Å². The Kier molecular flexibility index (Phi) is 4.28. The zero-order valence-electron chi connectivity index (χ0n) is 4.36. The van der Waals surface area contributed by atoms with E-state index in [1.54, 1.807) is 0 Å². The summed E-state index contributed by atoms with van der Waals surface area (Å²) < 4.78 is 6.25. The molecule has 0 aromatic carbocycles. The van der Waals surface area contributed by atoms with Gasteiger partial charge in [0.25, 0.3) is 0 Å². The van der Waals surface area contributed by atoms with E-state index in [9.17, 15) is 0 Å². The van der Waals surface area contributed by atoms with Gasteiger partial charge in [-0.25, -0.2) is 0 Å². The summed E-state index contributed by atoms with van der Waals surface area (Å²) in [6.07, 6.45) is 1.26. The van der Waals surface area contributed by atoms with Crippen molar-refractivity contribution >= 4 is 0 Å². The topological polar surface area (TPSA) is 26.0 Å². The van der Waals surface area contributed by atoms with Gasteiger partial charge in [-0.1, -0.05) is 0 Å². The normalized spacial score (nSPS) is 13.8. The molecular weight excluding hydrogens is 110 g/mol. The van der Waals surface area contributed by atoms with Crippen molar-refractivity contribution in [1.82, 2.24) is 0 Å². The van der Waals surface area contributed by atoms with Crippen LogP contribution in [0.1, 0.15) is 20.3 Å². The Morgan fingerprint density at radius 1 is 1.83 bits per heavy atom. The molecular formula is C4H11NTi. The molecule has 0 aliphatic rings. The quantitative estimate of drug-likeness (QED) is 0.545. The van der Waals surface area contributed by atoms with E-state index in [0.717, 1.165) is 4.22 Å². The Bertz CT molecular complexity index is 26.7. The molecule has 0 spiro atoms. The van der Waals surface area contributed by atoms with Crippen LogP contribution in [0.25, 0.3) is 0 Å². The maximum absolute atomic E-state index is 5.41. The third-order valence-electron chi connectivity index (χ3n) is 0.897. The first-order chi connectivity index (χ1) is 2.81. The van der Waals surface area contributed by atoms with E-state index in [1.165, 1.54) is 6.42 Å². The first-order valence-electron chi connectivity index (χ1n) is 2.27. The molecule has 0 aliphatic heterocycles. The molecule has 36 valence electrons. The fourth-order valence-electron chi connectivity index (χ4n) is 0.118. The molecule has 0 amide bonds. The van der Waals surface area contributed by atoms with Crippen LogP contribution in [0.3, 0.4) is 0 Å². The SMILES string of the molecule is CC[CH](C)[Ti][NH2]. The first kappa shape index (κ1) is 6.67. The third-order valence-corrected chi connectivity index (χ3v) is 2.42. The summed E-state index contributed by atoms with van der Waals surface area (Å²) in [6.45, 7) is 4.39. The average Bonchev–Trinajstić information content (AvgIpc) is 1.65. The Morgan fingerprint density at radius 3 is 2.33 bits per heavy atom. The molecule has 0 heterocycles. The molecule has 0 aliphatic carbocycles. The van der Waals surface area contributed by atoms with Gasteiger partial charge in [0.15, 0.2) is 0 Å². The second-order valence-electron chi connectivity index (χ2n) is 1.48. The second kappa shape index (κ2) is 3.85. The Labute approximate surface area is 48.5 Å². The predicted octanol–water partition coefficient (Wildman–Crippen LogP) is 1.16. The molecule has 1 nitrogen and oxygen atoms in total. The van der Waals surface area contributed by atoms with E-state index in [4.69, 9.17) is 4.22 Å². The molecule has 0 aromatic heterocycles. The van der Waals surface area contributed by atoms with Gasteiger partial charge in [0.1, 0.15) is 0 Å². The van der Waals surface area contributed by atoms with Crippen LogP contribution in [-0.4, -0.2) is 0 Å². The molecule has 0 bridgehead atoms. The van der Waals surface area contributed by atoms with Crippen LogP contribution in [0.5, 0.6) is 0 Å². The molecule has 0 saturated carbocycles. The van der Waals surface area contributed by atoms with Crippen molar-refractivity contribution in [2.45, 2.75) is 24.5 Å². The molecule has 6 heavy (non-hydrogen) atoms. The molecule has 2 N–H and O–H groups in total. The fraction of sp³-hybridized carbons (Fsp3) is 1.00. The Hall–Kier alpha value is 0.674. The molecule has 1 atom stereocenters. The maximum atomic E-state index is 5.41. The van der Waals surface area contributed by atoms with Gasteiger partial charge in [0.05, 0.1) is 0 Å². The summed E-state index contributed by atoms with van der Waals surface area (Å²) in [5.41, 5.74) is 0. The van der Waals surface area contributed by atoms with Crippen LogP contribution in [-0.2, 0) is 19.4 Å². The Balaban J connectivity index is 2.75. The summed E-state index contributed by atoms with van der Waals surface area (Å²) in [7, 11) is 0. The standard InChI is InChI=1S/C4H9.H2N.Ti/c1-3-4-2;;/h3H,4H2,1-2H3;1H2;/q;-1;+1. The van der Waals surface area contributed by atoms with E-state index in [2.05, 4.69) is 13.8 Å². The number of rotatable bonds is 2. The van der Waals surface area contributed by atoms with Crippen LogP contribution in [0.15, 0.2) is 0 Å². The van der Waals surface area contributed by atoms with Crippen LogP contribution in [0, 0.1) is 0 Å². The molecule has 0 radical (unpaired) electrons. The molecule has 0 saturated heterocycles. The van der Waals surface area contributed by atoms with E-state index in [0.29, 0.717) is 0 Å². The third kappa shape index (κ3) is 2.89. The zero-order valence-corrected chi connectivity index (χ0v) is 5.92.